The minimum Gasteiger partial charge on any atom is -0.398 e. The van der Waals surface area contributed by atoms with E-state index >= 15 is 0 Å². The summed E-state index contributed by atoms with van der Waals surface area (Å²) in [5.41, 5.74) is 5.23. The summed E-state index contributed by atoms with van der Waals surface area (Å²) in [5, 5.41) is 0. The summed E-state index contributed by atoms with van der Waals surface area (Å²) in [6.45, 7) is 3.72. The van der Waals surface area contributed by atoms with E-state index in [1.807, 2.05) is 0 Å². The average molecular weight is 416 g/mol. The van der Waals surface area contributed by atoms with Crippen LogP contribution in [0.3, 0.4) is 0 Å². The lowest BCUT2D eigenvalue weighted by Gasteiger charge is -2.25. The Morgan fingerprint density at radius 1 is 1.37 bits per heavy atom. The highest BCUT2D eigenvalue weighted by Gasteiger charge is 2.29. The highest BCUT2D eigenvalue weighted by Crippen LogP contribution is 2.32. The first kappa shape index (κ1) is 16.9. The zero-order chi connectivity index (χ0) is 14.8. The van der Waals surface area contributed by atoms with E-state index < -0.39 is 15.6 Å². The number of anilines is 1. The fourth-order valence-electron chi connectivity index (χ4n) is 1.67. The highest BCUT2D eigenvalue weighted by molar-refractivity contribution is 9.11. The molecule has 0 unspecified atom stereocenters. The van der Waals surface area contributed by atoms with Crippen LogP contribution >= 0.6 is 31.9 Å². The smallest absolute Gasteiger partial charge is 0.244 e. The van der Waals surface area contributed by atoms with Gasteiger partial charge in [0.25, 0.3) is 0 Å². The Morgan fingerprint density at radius 3 is 2.42 bits per heavy atom. The van der Waals surface area contributed by atoms with E-state index in [2.05, 4.69) is 36.6 Å². The molecular weight excluding hydrogens is 400 g/mol. The number of ether oxygens (including phenoxy) is 1. The standard InChI is InChI=1S/C11H16Br2N2O3S/c1-11(2,6-18-3)15-19(16,17)10-8(13)4-7(12)5-9(10)14/h4-5,15H,6,14H2,1-3H3. The van der Waals surface area contributed by atoms with Gasteiger partial charge in [-0.3, -0.25) is 0 Å². The van der Waals surface area contributed by atoms with E-state index in [9.17, 15) is 8.42 Å². The molecule has 1 aromatic carbocycles. The molecule has 5 nitrogen and oxygen atoms in total. The maximum atomic E-state index is 12.4. The zero-order valence-electron chi connectivity index (χ0n) is 10.8. The van der Waals surface area contributed by atoms with Crippen LogP contribution in [0.25, 0.3) is 0 Å². The lowest BCUT2D eigenvalue weighted by Crippen LogP contribution is -2.46. The molecule has 0 saturated heterocycles. The summed E-state index contributed by atoms with van der Waals surface area (Å²) in [6, 6.07) is 3.18. The topological polar surface area (TPSA) is 81.4 Å². The number of rotatable bonds is 5. The second-order valence-electron chi connectivity index (χ2n) is 4.73. The Morgan fingerprint density at radius 2 is 1.95 bits per heavy atom. The van der Waals surface area contributed by atoms with Gasteiger partial charge in [-0.2, -0.15) is 0 Å². The van der Waals surface area contributed by atoms with Crippen LogP contribution in [0.4, 0.5) is 5.69 Å². The van der Waals surface area contributed by atoms with Crippen LogP contribution in [0.15, 0.2) is 26.0 Å². The average Bonchev–Trinajstić information content (AvgIpc) is 2.11. The summed E-state index contributed by atoms with van der Waals surface area (Å²) in [5.74, 6) is 0. The molecule has 0 aliphatic rings. The third-order valence-electron chi connectivity index (χ3n) is 2.22. The van der Waals surface area contributed by atoms with Gasteiger partial charge in [-0.1, -0.05) is 15.9 Å². The molecule has 0 aliphatic carbocycles. The second-order valence-corrected chi connectivity index (χ2v) is 8.12. The number of nitrogens with one attached hydrogen (secondary N) is 1. The third-order valence-corrected chi connectivity index (χ3v) is 5.38. The molecule has 1 aromatic rings. The number of hydrogen-bond acceptors (Lipinski definition) is 4. The fourth-order valence-corrected chi connectivity index (χ4v) is 5.14. The van der Waals surface area contributed by atoms with E-state index in [-0.39, 0.29) is 17.2 Å². The quantitative estimate of drug-likeness (QED) is 0.723. The minimum atomic E-state index is -3.74. The van der Waals surface area contributed by atoms with Crippen molar-refractivity contribution in [2.24, 2.45) is 0 Å². The van der Waals surface area contributed by atoms with Gasteiger partial charge in [0, 0.05) is 16.1 Å². The van der Waals surface area contributed by atoms with Crippen molar-refractivity contribution < 1.29 is 13.2 Å². The van der Waals surface area contributed by atoms with E-state index in [0.717, 1.165) is 0 Å². The Labute approximate surface area is 130 Å². The number of benzene rings is 1. The molecule has 3 N–H and O–H groups in total. The second kappa shape index (κ2) is 6.09. The highest BCUT2D eigenvalue weighted by atomic mass is 79.9. The molecule has 0 aliphatic heterocycles. The molecule has 0 spiro atoms. The minimum absolute atomic E-state index is 0.0277. The molecule has 0 atom stereocenters. The largest absolute Gasteiger partial charge is 0.398 e. The molecule has 19 heavy (non-hydrogen) atoms. The monoisotopic (exact) mass is 414 g/mol. The predicted octanol–water partition coefficient (Wildman–Crippen LogP) is 2.50. The lowest BCUT2D eigenvalue weighted by molar-refractivity contribution is 0.141. The maximum absolute atomic E-state index is 12.4. The van der Waals surface area contributed by atoms with Gasteiger partial charge in [0.05, 0.1) is 17.8 Å². The molecule has 0 bridgehead atoms. The number of methoxy groups -OCH3 is 1. The molecule has 8 heteroatoms. The fraction of sp³-hybridized carbons (Fsp3) is 0.455. The lowest BCUT2D eigenvalue weighted by atomic mass is 10.1. The first-order valence-electron chi connectivity index (χ1n) is 5.36. The summed E-state index contributed by atoms with van der Waals surface area (Å²) < 4.78 is 33.4. The summed E-state index contributed by atoms with van der Waals surface area (Å²) in [7, 11) is -2.23. The number of hydrogen-bond donors (Lipinski definition) is 2. The Bertz CT molecular complexity index is 550. The Hall–Kier alpha value is -0.150. The number of halogens is 2. The number of nitrogens with two attached hydrogens (primary N) is 1. The SMILES string of the molecule is COCC(C)(C)NS(=O)(=O)c1c(N)cc(Br)cc1Br. The van der Waals surface area contributed by atoms with Crippen molar-refractivity contribution in [3.05, 3.63) is 21.1 Å². The van der Waals surface area contributed by atoms with Gasteiger partial charge in [0.1, 0.15) is 4.90 Å². The normalized spacial score (nSPS) is 12.7. The van der Waals surface area contributed by atoms with Gasteiger partial charge >= 0.3 is 0 Å². The van der Waals surface area contributed by atoms with Crippen LogP contribution in [0.1, 0.15) is 13.8 Å². The van der Waals surface area contributed by atoms with Crippen molar-refractivity contribution in [1.29, 1.82) is 0 Å². The molecular formula is C11H16Br2N2O3S. The van der Waals surface area contributed by atoms with Crippen molar-refractivity contribution in [2.45, 2.75) is 24.3 Å². The van der Waals surface area contributed by atoms with E-state index in [1.54, 1.807) is 26.0 Å². The summed E-state index contributed by atoms with van der Waals surface area (Å²) in [4.78, 5) is 0.0277. The predicted molar refractivity (Wildman–Crippen MR) is 82.5 cm³/mol. The van der Waals surface area contributed by atoms with Gasteiger partial charge in [-0.15, -0.1) is 0 Å². The summed E-state index contributed by atoms with van der Waals surface area (Å²) in [6.07, 6.45) is 0. The van der Waals surface area contributed by atoms with Crippen molar-refractivity contribution in [1.82, 2.24) is 4.72 Å². The van der Waals surface area contributed by atoms with Crippen LogP contribution in [0.2, 0.25) is 0 Å². The maximum Gasteiger partial charge on any atom is 0.244 e. The van der Waals surface area contributed by atoms with Crippen molar-refractivity contribution >= 4 is 47.6 Å². The molecule has 0 saturated carbocycles. The van der Waals surface area contributed by atoms with Gasteiger partial charge in [0.15, 0.2) is 0 Å². The molecule has 1 rings (SSSR count). The first-order chi connectivity index (χ1) is 8.59. The molecule has 0 amide bonds. The Kier molecular flexibility index (Phi) is 5.42. The number of sulfonamides is 1. The van der Waals surface area contributed by atoms with Crippen molar-refractivity contribution in [3.63, 3.8) is 0 Å². The molecule has 0 fully saturated rings. The molecule has 0 aromatic heterocycles. The van der Waals surface area contributed by atoms with Crippen molar-refractivity contribution in [2.75, 3.05) is 19.5 Å². The van der Waals surface area contributed by atoms with Crippen LogP contribution < -0.4 is 10.5 Å². The van der Waals surface area contributed by atoms with Crippen LogP contribution in [-0.4, -0.2) is 27.7 Å². The zero-order valence-corrected chi connectivity index (χ0v) is 14.8. The third kappa shape index (κ3) is 4.42. The number of nitrogen functional groups attached to an aromatic ring is 1. The van der Waals surface area contributed by atoms with E-state index in [0.29, 0.717) is 8.95 Å². The first-order valence-corrected chi connectivity index (χ1v) is 8.43. The van der Waals surface area contributed by atoms with Gasteiger partial charge in [-0.25, -0.2) is 13.1 Å². The Balaban J connectivity index is 3.22. The van der Waals surface area contributed by atoms with Crippen LogP contribution in [0, 0.1) is 0 Å². The van der Waals surface area contributed by atoms with Crippen molar-refractivity contribution in [3.8, 4) is 0 Å². The van der Waals surface area contributed by atoms with E-state index in [1.165, 1.54) is 7.11 Å². The van der Waals surface area contributed by atoms with Gasteiger partial charge in [0.2, 0.25) is 10.0 Å². The van der Waals surface area contributed by atoms with Gasteiger partial charge < -0.3 is 10.5 Å². The molecule has 0 radical (unpaired) electrons. The molecule has 108 valence electrons. The van der Waals surface area contributed by atoms with Gasteiger partial charge in [-0.05, 0) is 41.9 Å². The van der Waals surface area contributed by atoms with E-state index in [4.69, 9.17) is 10.5 Å². The van der Waals surface area contributed by atoms with Crippen LogP contribution in [-0.2, 0) is 14.8 Å². The molecule has 0 heterocycles. The summed E-state index contributed by atoms with van der Waals surface area (Å²) >= 11 is 6.47. The van der Waals surface area contributed by atoms with Crippen LogP contribution in [0.5, 0.6) is 0 Å².